The van der Waals surface area contributed by atoms with Crippen molar-refractivity contribution in [2.45, 2.75) is 6.54 Å². The number of hydrogen-bond donors (Lipinski definition) is 0. The Morgan fingerprint density at radius 3 is 2.56 bits per heavy atom. The Balaban J connectivity index is 1.77. The molecule has 2 heterocycles. The zero-order chi connectivity index (χ0) is 18.8. The summed E-state index contributed by atoms with van der Waals surface area (Å²) in [4.78, 5) is 17.5. The second kappa shape index (κ2) is 7.25. The summed E-state index contributed by atoms with van der Waals surface area (Å²) in [7, 11) is 3.21. The molecular weight excluding hydrogens is 360 g/mol. The first kappa shape index (κ1) is 17.3. The molecule has 0 amide bonds. The summed E-state index contributed by atoms with van der Waals surface area (Å²) in [6.07, 6.45) is 1.62. The Kier molecular flexibility index (Phi) is 4.64. The summed E-state index contributed by atoms with van der Waals surface area (Å²) in [5.74, 6) is 1.31. The molecule has 0 N–H and O–H groups in total. The van der Waals surface area contributed by atoms with E-state index in [9.17, 15) is 4.79 Å². The van der Waals surface area contributed by atoms with Crippen molar-refractivity contribution in [1.82, 2.24) is 9.55 Å². The molecule has 0 aliphatic rings. The first-order chi connectivity index (χ1) is 13.2. The number of nitrogens with zero attached hydrogens (tertiary/aromatic N) is 2. The molecule has 0 aliphatic heterocycles. The van der Waals surface area contributed by atoms with Crippen molar-refractivity contribution in [2.24, 2.45) is 0 Å². The maximum atomic E-state index is 12.9. The predicted octanol–water partition coefficient (Wildman–Crippen LogP) is 4.19. The normalized spacial score (nSPS) is 10.9. The molecule has 0 aliphatic carbocycles. The van der Waals surface area contributed by atoms with Crippen molar-refractivity contribution < 1.29 is 9.47 Å². The van der Waals surface area contributed by atoms with E-state index in [-0.39, 0.29) is 5.56 Å². The Morgan fingerprint density at radius 1 is 1.04 bits per heavy atom. The second-order valence-electron chi connectivity index (χ2n) is 6.06. The lowest BCUT2D eigenvalue weighted by Crippen LogP contribution is -2.20. The van der Waals surface area contributed by atoms with E-state index in [2.05, 4.69) is 4.98 Å². The summed E-state index contributed by atoms with van der Waals surface area (Å²) in [5.41, 5.74) is 3.60. The van der Waals surface area contributed by atoms with E-state index in [4.69, 9.17) is 9.47 Å². The van der Waals surface area contributed by atoms with Crippen LogP contribution in [0.4, 0.5) is 0 Å². The Morgan fingerprint density at radius 2 is 1.81 bits per heavy atom. The summed E-state index contributed by atoms with van der Waals surface area (Å²) in [6, 6.07) is 15.6. The summed E-state index contributed by atoms with van der Waals surface area (Å²) < 4.78 is 13.0. The highest BCUT2D eigenvalue weighted by Gasteiger charge is 2.14. The van der Waals surface area contributed by atoms with Crippen LogP contribution < -0.4 is 15.0 Å². The number of thiophene rings is 1. The molecule has 0 saturated carbocycles. The summed E-state index contributed by atoms with van der Waals surface area (Å²) in [6.45, 7) is 0.506. The van der Waals surface area contributed by atoms with Gasteiger partial charge in [-0.1, -0.05) is 36.4 Å². The van der Waals surface area contributed by atoms with Gasteiger partial charge in [-0.15, -0.1) is 11.3 Å². The molecule has 136 valence electrons. The molecular formula is C21H18N2O3S. The van der Waals surface area contributed by atoms with Gasteiger partial charge >= 0.3 is 0 Å². The van der Waals surface area contributed by atoms with E-state index in [0.29, 0.717) is 28.3 Å². The van der Waals surface area contributed by atoms with Crippen molar-refractivity contribution in [1.29, 1.82) is 0 Å². The average Bonchev–Trinajstić information content (AvgIpc) is 3.15. The molecule has 0 bridgehead atoms. The molecule has 0 unspecified atom stereocenters. The van der Waals surface area contributed by atoms with Crippen molar-refractivity contribution in [3.05, 3.63) is 76.2 Å². The Labute approximate surface area is 160 Å². The van der Waals surface area contributed by atoms with E-state index >= 15 is 0 Å². The lowest BCUT2D eigenvalue weighted by atomic mass is 10.1. The van der Waals surface area contributed by atoms with Gasteiger partial charge in [-0.3, -0.25) is 9.36 Å². The highest BCUT2D eigenvalue weighted by Crippen LogP contribution is 2.36. The maximum absolute atomic E-state index is 12.9. The van der Waals surface area contributed by atoms with Crippen LogP contribution in [0.1, 0.15) is 5.56 Å². The van der Waals surface area contributed by atoms with E-state index in [1.165, 1.54) is 11.3 Å². The van der Waals surface area contributed by atoms with Crippen molar-refractivity contribution >= 4 is 21.6 Å². The Bertz CT molecular complexity index is 1150. The minimum Gasteiger partial charge on any atom is -0.493 e. The number of aromatic nitrogens is 2. The van der Waals surface area contributed by atoms with Gasteiger partial charge in [-0.25, -0.2) is 4.98 Å². The molecule has 0 spiro atoms. The quantitative estimate of drug-likeness (QED) is 0.522. The lowest BCUT2D eigenvalue weighted by molar-refractivity contribution is 0.355. The van der Waals surface area contributed by atoms with Gasteiger partial charge < -0.3 is 9.47 Å². The highest BCUT2D eigenvalue weighted by molar-refractivity contribution is 7.17. The van der Waals surface area contributed by atoms with Crippen LogP contribution in [0.5, 0.6) is 11.5 Å². The summed E-state index contributed by atoms with van der Waals surface area (Å²) >= 11 is 1.42. The third kappa shape index (κ3) is 3.19. The number of ether oxygens (including phenoxy) is 2. The fourth-order valence-electron chi connectivity index (χ4n) is 3.04. The van der Waals surface area contributed by atoms with Crippen molar-refractivity contribution in [3.63, 3.8) is 0 Å². The van der Waals surface area contributed by atoms with Gasteiger partial charge in [-0.05, 0) is 23.3 Å². The van der Waals surface area contributed by atoms with Crippen LogP contribution in [-0.2, 0) is 6.54 Å². The largest absolute Gasteiger partial charge is 0.493 e. The molecule has 27 heavy (non-hydrogen) atoms. The SMILES string of the molecule is COc1ccc(-c2csc3c(=O)n(Cc4ccccc4)cnc23)cc1OC. The minimum absolute atomic E-state index is 0.0272. The van der Waals surface area contributed by atoms with Gasteiger partial charge in [0.2, 0.25) is 0 Å². The molecule has 0 atom stereocenters. The fraction of sp³-hybridized carbons (Fsp3) is 0.143. The lowest BCUT2D eigenvalue weighted by Gasteiger charge is -2.09. The molecule has 5 nitrogen and oxygen atoms in total. The van der Waals surface area contributed by atoms with Crippen LogP contribution >= 0.6 is 11.3 Å². The molecule has 2 aromatic carbocycles. The van der Waals surface area contributed by atoms with Crippen LogP contribution in [0.3, 0.4) is 0 Å². The molecule has 0 fully saturated rings. The highest BCUT2D eigenvalue weighted by atomic mass is 32.1. The topological polar surface area (TPSA) is 53.4 Å². The van der Waals surface area contributed by atoms with E-state index in [1.54, 1.807) is 25.1 Å². The number of benzene rings is 2. The fourth-order valence-corrected chi connectivity index (χ4v) is 4.02. The van der Waals surface area contributed by atoms with Crippen LogP contribution in [0.2, 0.25) is 0 Å². The third-order valence-electron chi connectivity index (χ3n) is 4.44. The monoisotopic (exact) mass is 378 g/mol. The van der Waals surface area contributed by atoms with Crippen LogP contribution in [0.15, 0.2) is 65.0 Å². The zero-order valence-corrected chi connectivity index (χ0v) is 15.8. The van der Waals surface area contributed by atoms with Gasteiger partial charge in [0.1, 0.15) is 4.70 Å². The van der Waals surface area contributed by atoms with E-state index < -0.39 is 0 Å². The van der Waals surface area contributed by atoms with Gasteiger partial charge in [0.15, 0.2) is 11.5 Å². The molecule has 0 saturated heterocycles. The van der Waals surface area contributed by atoms with Gasteiger partial charge in [0.25, 0.3) is 5.56 Å². The first-order valence-corrected chi connectivity index (χ1v) is 9.32. The van der Waals surface area contributed by atoms with Gasteiger partial charge in [-0.2, -0.15) is 0 Å². The number of methoxy groups -OCH3 is 2. The standard InChI is InChI=1S/C21H18N2O3S/c1-25-17-9-8-15(10-18(17)26-2)16-12-27-20-19(16)22-13-23(21(20)24)11-14-6-4-3-5-7-14/h3-10,12-13H,11H2,1-2H3. The number of fused-ring (bicyclic) bond motifs is 1. The Hall–Kier alpha value is -3.12. The minimum atomic E-state index is -0.0272. The molecule has 2 aromatic heterocycles. The van der Waals surface area contributed by atoms with Crippen molar-refractivity contribution in [2.75, 3.05) is 14.2 Å². The molecule has 0 radical (unpaired) electrons. The van der Waals surface area contributed by atoms with Crippen LogP contribution in [0, 0.1) is 0 Å². The molecule has 4 aromatic rings. The first-order valence-electron chi connectivity index (χ1n) is 8.44. The van der Waals surface area contributed by atoms with Crippen molar-refractivity contribution in [3.8, 4) is 22.6 Å². The van der Waals surface area contributed by atoms with E-state index in [0.717, 1.165) is 16.7 Å². The average molecular weight is 378 g/mol. The third-order valence-corrected chi connectivity index (χ3v) is 5.39. The maximum Gasteiger partial charge on any atom is 0.271 e. The number of rotatable bonds is 5. The molecule has 6 heteroatoms. The second-order valence-corrected chi connectivity index (χ2v) is 6.94. The predicted molar refractivity (Wildman–Crippen MR) is 108 cm³/mol. The molecule has 4 rings (SSSR count). The van der Waals surface area contributed by atoms with Crippen LogP contribution in [0.25, 0.3) is 21.3 Å². The van der Waals surface area contributed by atoms with Crippen LogP contribution in [-0.4, -0.2) is 23.8 Å². The number of hydrogen-bond acceptors (Lipinski definition) is 5. The summed E-state index contributed by atoms with van der Waals surface area (Å²) in [5, 5.41) is 1.97. The smallest absolute Gasteiger partial charge is 0.271 e. The van der Waals surface area contributed by atoms with E-state index in [1.807, 2.05) is 53.9 Å². The van der Waals surface area contributed by atoms with Gasteiger partial charge in [0, 0.05) is 10.9 Å². The zero-order valence-electron chi connectivity index (χ0n) is 15.0. The van der Waals surface area contributed by atoms with Gasteiger partial charge in [0.05, 0.1) is 32.6 Å².